The SMILES string of the molecule is C1=CC(C2CCCNC2)=CCC1.CC.CC. The molecule has 0 aromatic rings. The Balaban J connectivity index is 0.000000509. The summed E-state index contributed by atoms with van der Waals surface area (Å²) in [6.45, 7) is 10.4. The Morgan fingerprint density at radius 2 is 1.88 bits per heavy atom. The zero-order chi connectivity index (χ0) is 12.2. The number of rotatable bonds is 1. The molecule has 0 aromatic carbocycles. The van der Waals surface area contributed by atoms with Gasteiger partial charge in [-0.15, -0.1) is 0 Å². The highest BCUT2D eigenvalue weighted by atomic mass is 14.9. The van der Waals surface area contributed by atoms with Crippen LogP contribution in [0.2, 0.25) is 0 Å². The summed E-state index contributed by atoms with van der Waals surface area (Å²) in [6, 6.07) is 0. The predicted octanol–water partition coefficient (Wildman–Crippen LogP) is 4.31. The Morgan fingerprint density at radius 1 is 1.12 bits per heavy atom. The molecular formula is C15H29N. The summed E-state index contributed by atoms with van der Waals surface area (Å²) in [5.41, 5.74) is 1.58. The minimum absolute atomic E-state index is 0.801. The van der Waals surface area contributed by atoms with Gasteiger partial charge in [-0.25, -0.2) is 0 Å². The molecule has 2 aliphatic rings. The van der Waals surface area contributed by atoms with Crippen LogP contribution in [0.1, 0.15) is 53.4 Å². The first-order valence-corrected chi connectivity index (χ1v) is 7.04. The normalized spacial score (nSPS) is 23.2. The topological polar surface area (TPSA) is 12.0 Å². The summed E-state index contributed by atoms with van der Waals surface area (Å²) >= 11 is 0. The Bertz CT molecular complexity index is 197. The van der Waals surface area contributed by atoms with E-state index in [4.69, 9.17) is 0 Å². The molecular weight excluding hydrogens is 194 g/mol. The lowest BCUT2D eigenvalue weighted by molar-refractivity contribution is 0.426. The molecule has 1 N–H and O–H groups in total. The van der Waals surface area contributed by atoms with Crippen LogP contribution in [0.25, 0.3) is 0 Å². The van der Waals surface area contributed by atoms with Gasteiger partial charge < -0.3 is 5.32 Å². The predicted molar refractivity (Wildman–Crippen MR) is 74.7 cm³/mol. The maximum Gasteiger partial charge on any atom is 0.00200 e. The van der Waals surface area contributed by atoms with E-state index < -0.39 is 0 Å². The largest absolute Gasteiger partial charge is 0.316 e. The van der Waals surface area contributed by atoms with Crippen LogP contribution in [0, 0.1) is 5.92 Å². The molecule has 1 atom stereocenters. The molecule has 1 nitrogen and oxygen atoms in total. The van der Waals surface area contributed by atoms with Gasteiger partial charge in [-0.1, -0.05) is 45.9 Å². The van der Waals surface area contributed by atoms with Crippen molar-refractivity contribution in [2.75, 3.05) is 13.1 Å². The Morgan fingerprint density at radius 3 is 2.38 bits per heavy atom. The standard InChI is InChI=1S/C11H17N.2C2H6/c1-2-5-10(6-3-1)11-7-4-8-12-9-11;2*1-2/h2,5-6,11-12H,1,3-4,7-9H2;2*1-2H3. The molecule has 16 heavy (non-hydrogen) atoms. The molecule has 1 unspecified atom stereocenters. The molecule has 1 heterocycles. The van der Waals surface area contributed by atoms with Gasteiger partial charge in [0.05, 0.1) is 0 Å². The molecule has 0 spiro atoms. The molecule has 0 amide bonds. The number of nitrogens with one attached hydrogen (secondary N) is 1. The summed E-state index contributed by atoms with van der Waals surface area (Å²) in [6.07, 6.45) is 12.3. The molecule has 0 saturated carbocycles. The van der Waals surface area contributed by atoms with Gasteiger partial charge in [0.25, 0.3) is 0 Å². The van der Waals surface area contributed by atoms with Crippen molar-refractivity contribution in [3.8, 4) is 0 Å². The van der Waals surface area contributed by atoms with Crippen LogP contribution < -0.4 is 5.32 Å². The highest BCUT2D eigenvalue weighted by Crippen LogP contribution is 2.23. The molecule has 1 fully saturated rings. The van der Waals surface area contributed by atoms with E-state index in [0.717, 1.165) is 5.92 Å². The van der Waals surface area contributed by atoms with E-state index in [1.165, 1.54) is 38.8 Å². The fourth-order valence-corrected chi connectivity index (χ4v) is 2.07. The highest BCUT2D eigenvalue weighted by Gasteiger charge is 2.15. The summed E-state index contributed by atoms with van der Waals surface area (Å²) in [5, 5.41) is 3.46. The van der Waals surface area contributed by atoms with Gasteiger partial charge in [0.2, 0.25) is 0 Å². The fraction of sp³-hybridized carbons (Fsp3) is 0.733. The first kappa shape index (κ1) is 15.4. The van der Waals surface area contributed by atoms with E-state index in [1.807, 2.05) is 27.7 Å². The second kappa shape index (κ2) is 10.9. The van der Waals surface area contributed by atoms with Crippen LogP contribution in [-0.4, -0.2) is 13.1 Å². The van der Waals surface area contributed by atoms with Gasteiger partial charge in [0.15, 0.2) is 0 Å². The lowest BCUT2D eigenvalue weighted by Crippen LogP contribution is -2.30. The first-order chi connectivity index (χ1) is 7.97. The van der Waals surface area contributed by atoms with Crippen LogP contribution in [0.5, 0.6) is 0 Å². The van der Waals surface area contributed by atoms with Gasteiger partial charge in [-0.05, 0) is 43.7 Å². The average Bonchev–Trinajstić information content (AvgIpc) is 2.45. The lowest BCUT2D eigenvalue weighted by Gasteiger charge is -2.24. The van der Waals surface area contributed by atoms with E-state index >= 15 is 0 Å². The Kier molecular flexibility index (Phi) is 10.6. The average molecular weight is 223 g/mol. The second-order valence-corrected chi connectivity index (χ2v) is 3.73. The molecule has 0 aromatic heterocycles. The van der Waals surface area contributed by atoms with Gasteiger partial charge in [-0.2, -0.15) is 0 Å². The van der Waals surface area contributed by atoms with Crippen molar-refractivity contribution in [3.63, 3.8) is 0 Å². The third kappa shape index (κ3) is 5.50. The number of allylic oxidation sites excluding steroid dienone is 3. The van der Waals surface area contributed by atoms with Gasteiger partial charge in [0, 0.05) is 6.54 Å². The van der Waals surface area contributed by atoms with E-state index in [2.05, 4.69) is 23.5 Å². The molecule has 1 heteroatoms. The summed E-state index contributed by atoms with van der Waals surface area (Å²) in [7, 11) is 0. The maximum atomic E-state index is 3.46. The van der Waals surface area contributed by atoms with Crippen LogP contribution in [0.4, 0.5) is 0 Å². The van der Waals surface area contributed by atoms with Crippen molar-refractivity contribution in [1.29, 1.82) is 0 Å². The third-order valence-electron chi connectivity index (χ3n) is 2.79. The number of hydrogen-bond donors (Lipinski definition) is 1. The van der Waals surface area contributed by atoms with E-state index in [0.29, 0.717) is 0 Å². The Hall–Kier alpha value is -0.560. The Labute approximate surface area is 102 Å². The quantitative estimate of drug-likeness (QED) is 0.698. The van der Waals surface area contributed by atoms with Crippen LogP contribution in [0.15, 0.2) is 23.8 Å². The van der Waals surface area contributed by atoms with Crippen molar-refractivity contribution in [2.45, 2.75) is 53.4 Å². The minimum Gasteiger partial charge on any atom is -0.316 e. The van der Waals surface area contributed by atoms with E-state index in [9.17, 15) is 0 Å². The number of piperidine rings is 1. The molecule has 94 valence electrons. The van der Waals surface area contributed by atoms with Crippen LogP contribution >= 0.6 is 0 Å². The molecule has 0 radical (unpaired) electrons. The monoisotopic (exact) mass is 223 g/mol. The summed E-state index contributed by atoms with van der Waals surface area (Å²) < 4.78 is 0. The van der Waals surface area contributed by atoms with Crippen molar-refractivity contribution in [3.05, 3.63) is 23.8 Å². The molecule has 2 rings (SSSR count). The van der Waals surface area contributed by atoms with Gasteiger partial charge in [0.1, 0.15) is 0 Å². The molecule has 1 aliphatic carbocycles. The molecule has 0 bridgehead atoms. The summed E-state index contributed by atoms with van der Waals surface area (Å²) in [5.74, 6) is 0.801. The zero-order valence-electron chi connectivity index (χ0n) is 11.6. The van der Waals surface area contributed by atoms with E-state index in [-0.39, 0.29) is 0 Å². The fourth-order valence-electron chi connectivity index (χ4n) is 2.07. The van der Waals surface area contributed by atoms with Crippen molar-refractivity contribution >= 4 is 0 Å². The second-order valence-electron chi connectivity index (χ2n) is 3.73. The van der Waals surface area contributed by atoms with E-state index in [1.54, 1.807) is 5.57 Å². The lowest BCUT2D eigenvalue weighted by atomic mass is 9.88. The third-order valence-corrected chi connectivity index (χ3v) is 2.79. The minimum atomic E-state index is 0.801. The highest BCUT2D eigenvalue weighted by molar-refractivity contribution is 5.25. The molecule has 1 aliphatic heterocycles. The molecule has 1 saturated heterocycles. The first-order valence-electron chi connectivity index (χ1n) is 7.04. The van der Waals surface area contributed by atoms with Crippen molar-refractivity contribution < 1.29 is 0 Å². The van der Waals surface area contributed by atoms with Gasteiger partial charge in [-0.3, -0.25) is 0 Å². The smallest absolute Gasteiger partial charge is 0.00200 e. The summed E-state index contributed by atoms with van der Waals surface area (Å²) in [4.78, 5) is 0. The number of hydrogen-bond acceptors (Lipinski definition) is 1. The maximum absolute atomic E-state index is 3.46. The van der Waals surface area contributed by atoms with Crippen molar-refractivity contribution in [2.24, 2.45) is 5.92 Å². The van der Waals surface area contributed by atoms with Crippen LogP contribution in [0.3, 0.4) is 0 Å². The van der Waals surface area contributed by atoms with Gasteiger partial charge >= 0.3 is 0 Å². The zero-order valence-corrected chi connectivity index (χ0v) is 11.6. The van der Waals surface area contributed by atoms with Crippen molar-refractivity contribution in [1.82, 2.24) is 5.32 Å². The van der Waals surface area contributed by atoms with Crippen LogP contribution in [-0.2, 0) is 0 Å².